The number of halogens is 2. The highest BCUT2D eigenvalue weighted by Crippen LogP contribution is 2.19. The van der Waals surface area contributed by atoms with Gasteiger partial charge in [-0.3, -0.25) is 4.79 Å². The van der Waals surface area contributed by atoms with Crippen molar-refractivity contribution < 1.29 is 18.3 Å². The third kappa shape index (κ3) is 4.19. The van der Waals surface area contributed by atoms with E-state index < -0.39 is 17.5 Å². The summed E-state index contributed by atoms with van der Waals surface area (Å²) in [6, 6.07) is 4.48. The molecule has 1 aromatic heterocycles. The van der Waals surface area contributed by atoms with Crippen molar-refractivity contribution in [3.8, 4) is 0 Å². The summed E-state index contributed by atoms with van der Waals surface area (Å²) in [4.78, 5) is 19.6. The lowest BCUT2D eigenvalue weighted by Gasteiger charge is -2.08. The molecule has 6 nitrogen and oxygen atoms in total. The summed E-state index contributed by atoms with van der Waals surface area (Å²) in [5, 5.41) is 5.27. The lowest BCUT2D eigenvalue weighted by Crippen LogP contribution is -2.27. The van der Waals surface area contributed by atoms with E-state index in [9.17, 15) is 13.6 Å². The van der Waals surface area contributed by atoms with Gasteiger partial charge in [0.25, 0.3) is 5.91 Å². The van der Waals surface area contributed by atoms with Crippen molar-refractivity contribution in [2.75, 3.05) is 25.6 Å². The topological polar surface area (TPSA) is 76.1 Å². The molecule has 0 saturated carbocycles. The number of hydrogen-bond donors (Lipinski definition) is 2. The van der Waals surface area contributed by atoms with Crippen molar-refractivity contribution in [3.05, 3.63) is 47.9 Å². The van der Waals surface area contributed by atoms with Crippen LogP contribution >= 0.6 is 0 Å². The normalized spacial score (nSPS) is 10.3. The van der Waals surface area contributed by atoms with Gasteiger partial charge in [0.1, 0.15) is 29.5 Å². The number of carbonyl (C=O) groups excluding carboxylic acids is 1. The second kappa shape index (κ2) is 7.41. The van der Waals surface area contributed by atoms with Gasteiger partial charge in [0.15, 0.2) is 0 Å². The molecule has 0 aliphatic carbocycles. The Morgan fingerprint density at radius 1 is 1.27 bits per heavy atom. The van der Waals surface area contributed by atoms with E-state index in [-0.39, 0.29) is 17.2 Å². The second-order valence-electron chi connectivity index (χ2n) is 4.29. The molecule has 2 aromatic rings. The van der Waals surface area contributed by atoms with Gasteiger partial charge in [0.2, 0.25) is 0 Å². The molecule has 0 aliphatic rings. The number of aromatic nitrogens is 2. The number of hydrogen-bond acceptors (Lipinski definition) is 5. The van der Waals surface area contributed by atoms with Crippen molar-refractivity contribution in [2.24, 2.45) is 0 Å². The molecule has 1 aromatic carbocycles. The highest BCUT2D eigenvalue weighted by atomic mass is 19.1. The fourth-order valence-corrected chi connectivity index (χ4v) is 1.64. The van der Waals surface area contributed by atoms with Crippen LogP contribution in [0, 0.1) is 11.6 Å². The number of ether oxygens (including phenoxy) is 1. The van der Waals surface area contributed by atoms with Gasteiger partial charge < -0.3 is 15.4 Å². The summed E-state index contributed by atoms with van der Waals surface area (Å²) < 4.78 is 31.2. The van der Waals surface area contributed by atoms with Gasteiger partial charge in [-0.15, -0.1) is 0 Å². The van der Waals surface area contributed by atoms with E-state index in [2.05, 4.69) is 20.6 Å². The molecular formula is C14H14F2N4O2. The fraction of sp³-hybridized carbons (Fsp3) is 0.214. The third-order valence-electron chi connectivity index (χ3n) is 2.69. The minimum atomic E-state index is -0.760. The van der Waals surface area contributed by atoms with Crippen molar-refractivity contribution in [1.29, 1.82) is 0 Å². The number of nitrogens with zero attached hydrogens (tertiary/aromatic N) is 2. The van der Waals surface area contributed by atoms with Crippen molar-refractivity contribution in [1.82, 2.24) is 15.3 Å². The zero-order chi connectivity index (χ0) is 15.9. The predicted octanol–water partition coefficient (Wildman–Crippen LogP) is 1.87. The van der Waals surface area contributed by atoms with E-state index in [1.165, 1.54) is 25.6 Å². The first kappa shape index (κ1) is 15.8. The highest BCUT2D eigenvalue weighted by molar-refractivity contribution is 5.92. The predicted molar refractivity (Wildman–Crippen MR) is 75.9 cm³/mol. The molecule has 2 rings (SSSR count). The zero-order valence-corrected chi connectivity index (χ0v) is 11.8. The average molecular weight is 308 g/mol. The molecule has 1 heterocycles. The fourth-order valence-electron chi connectivity index (χ4n) is 1.64. The molecule has 0 saturated heterocycles. The van der Waals surface area contributed by atoms with Gasteiger partial charge in [-0.25, -0.2) is 18.7 Å². The van der Waals surface area contributed by atoms with E-state index in [0.717, 1.165) is 12.1 Å². The maximum absolute atomic E-state index is 13.6. The molecule has 1 amide bonds. The van der Waals surface area contributed by atoms with Gasteiger partial charge in [-0.1, -0.05) is 0 Å². The van der Waals surface area contributed by atoms with Crippen LogP contribution in [0.2, 0.25) is 0 Å². The lowest BCUT2D eigenvalue weighted by atomic mass is 10.3. The van der Waals surface area contributed by atoms with Crippen LogP contribution in [0.3, 0.4) is 0 Å². The maximum atomic E-state index is 13.6. The van der Waals surface area contributed by atoms with Gasteiger partial charge >= 0.3 is 0 Å². The van der Waals surface area contributed by atoms with Gasteiger partial charge in [0, 0.05) is 25.8 Å². The minimum Gasteiger partial charge on any atom is -0.383 e. The molecule has 0 aliphatic heterocycles. The molecule has 116 valence electrons. The molecule has 0 fully saturated rings. The smallest absolute Gasteiger partial charge is 0.270 e. The zero-order valence-electron chi connectivity index (χ0n) is 11.8. The summed E-state index contributed by atoms with van der Waals surface area (Å²) in [7, 11) is 1.52. The molecule has 0 radical (unpaired) electrons. The van der Waals surface area contributed by atoms with Gasteiger partial charge in [-0.2, -0.15) is 0 Å². The molecule has 0 spiro atoms. The Kier molecular flexibility index (Phi) is 5.31. The first-order chi connectivity index (χ1) is 10.6. The largest absolute Gasteiger partial charge is 0.383 e. The van der Waals surface area contributed by atoms with Crippen molar-refractivity contribution in [2.45, 2.75) is 0 Å². The van der Waals surface area contributed by atoms with Crippen LogP contribution in [0.15, 0.2) is 30.6 Å². The van der Waals surface area contributed by atoms with E-state index in [1.807, 2.05) is 0 Å². The number of anilines is 2. The van der Waals surface area contributed by atoms with Crippen LogP contribution in [0.5, 0.6) is 0 Å². The van der Waals surface area contributed by atoms with Gasteiger partial charge in [0.05, 0.1) is 12.3 Å². The molecular weight excluding hydrogens is 294 g/mol. The van der Waals surface area contributed by atoms with Crippen LogP contribution < -0.4 is 10.6 Å². The molecule has 8 heteroatoms. The number of carbonyl (C=O) groups is 1. The van der Waals surface area contributed by atoms with E-state index in [0.29, 0.717) is 13.2 Å². The lowest BCUT2D eigenvalue weighted by molar-refractivity contribution is 0.0932. The van der Waals surface area contributed by atoms with Crippen molar-refractivity contribution in [3.63, 3.8) is 0 Å². The Hall–Kier alpha value is -2.61. The summed E-state index contributed by atoms with van der Waals surface area (Å²) in [6.07, 6.45) is 1.18. The van der Waals surface area contributed by atoms with Crippen LogP contribution in [0.1, 0.15) is 10.5 Å². The van der Waals surface area contributed by atoms with Crippen LogP contribution in [0.4, 0.5) is 20.3 Å². The number of nitrogens with one attached hydrogen (secondary N) is 2. The molecule has 2 N–H and O–H groups in total. The van der Waals surface area contributed by atoms with E-state index in [4.69, 9.17) is 4.74 Å². The standard InChI is InChI=1S/C14H14F2N4O2/c1-22-5-4-17-14(21)12-7-13(19-8-18-12)20-11-3-2-9(15)6-10(11)16/h2-3,6-8H,4-5H2,1H3,(H,17,21)(H,18,19,20). The Morgan fingerprint density at radius 3 is 2.82 bits per heavy atom. The summed E-state index contributed by atoms with van der Waals surface area (Å²) >= 11 is 0. The Bertz CT molecular complexity index is 667. The van der Waals surface area contributed by atoms with Gasteiger partial charge in [-0.05, 0) is 12.1 Å². The number of methoxy groups -OCH3 is 1. The van der Waals surface area contributed by atoms with E-state index in [1.54, 1.807) is 0 Å². The second-order valence-corrected chi connectivity index (χ2v) is 4.29. The highest BCUT2D eigenvalue weighted by Gasteiger charge is 2.10. The average Bonchev–Trinajstić information content (AvgIpc) is 2.50. The van der Waals surface area contributed by atoms with E-state index >= 15 is 0 Å². The molecule has 0 unspecified atom stereocenters. The number of benzene rings is 1. The Labute approximate surface area is 125 Å². The first-order valence-corrected chi connectivity index (χ1v) is 6.41. The third-order valence-corrected chi connectivity index (χ3v) is 2.69. The summed E-state index contributed by atoms with van der Waals surface area (Å²) in [6.45, 7) is 0.720. The number of amides is 1. The van der Waals surface area contributed by atoms with Crippen LogP contribution in [-0.4, -0.2) is 36.1 Å². The molecule has 0 atom stereocenters. The summed E-state index contributed by atoms with van der Waals surface area (Å²) in [5.41, 5.74) is 0.168. The maximum Gasteiger partial charge on any atom is 0.270 e. The first-order valence-electron chi connectivity index (χ1n) is 6.41. The quantitative estimate of drug-likeness (QED) is 0.797. The van der Waals surface area contributed by atoms with Crippen molar-refractivity contribution >= 4 is 17.4 Å². The Morgan fingerprint density at radius 2 is 2.09 bits per heavy atom. The minimum absolute atomic E-state index is 0.0471. The van der Waals surface area contributed by atoms with Crippen LogP contribution in [-0.2, 0) is 4.74 Å². The number of rotatable bonds is 6. The monoisotopic (exact) mass is 308 g/mol. The summed E-state index contributed by atoms with van der Waals surface area (Å²) in [5.74, 6) is -1.62. The SMILES string of the molecule is COCCNC(=O)c1cc(Nc2ccc(F)cc2F)ncn1. The molecule has 22 heavy (non-hydrogen) atoms. The molecule has 0 bridgehead atoms. The Balaban J connectivity index is 2.09. The van der Waals surface area contributed by atoms with Crippen LogP contribution in [0.25, 0.3) is 0 Å².